The van der Waals surface area contributed by atoms with E-state index < -0.39 is 17.2 Å². The average Bonchev–Trinajstić information content (AvgIpc) is 3.10. The highest BCUT2D eigenvalue weighted by Gasteiger charge is 2.10. The second kappa shape index (κ2) is 9.23. The minimum Gasteiger partial charge on any atom is -0.453 e. The number of H-pyrrole nitrogens is 1. The van der Waals surface area contributed by atoms with Crippen LogP contribution in [0.4, 0.5) is 16.4 Å². The summed E-state index contributed by atoms with van der Waals surface area (Å²) < 4.78 is 22.6. The van der Waals surface area contributed by atoms with Gasteiger partial charge in [0.15, 0.2) is 0 Å². The van der Waals surface area contributed by atoms with E-state index in [9.17, 15) is 9.00 Å². The summed E-state index contributed by atoms with van der Waals surface area (Å²) in [5.74, 6) is 0.676. The maximum absolute atomic E-state index is 12.5. The third kappa shape index (κ3) is 5.01. The van der Waals surface area contributed by atoms with E-state index in [2.05, 4.69) is 32.3 Å². The molecular weight excluding hydrogens is 380 g/mol. The van der Waals surface area contributed by atoms with Gasteiger partial charge in [-0.15, -0.1) is 0 Å². The summed E-state index contributed by atoms with van der Waals surface area (Å²) >= 11 is -1.65. The van der Waals surface area contributed by atoms with Crippen molar-refractivity contribution in [2.24, 2.45) is 0 Å². The Balaban J connectivity index is 1.66. The summed E-state index contributed by atoms with van der Waals surface area (Å²) in [6.45, 7) is 3.05. The Bertz CT molecular complexity index is 972. The Morgan fingerprint density at radius 2 is 2.00 bits per heavy atom. The lowest BCUT2D eigenvalue weighted by Gasteiger charge is -2.07. The van der Waals surface area contributed by atoms with Gasteiger partial charge in [0, 0.05) is 18.3 Å². The van der Waals surface area contributed by atoms with E-state index in [0.29, 0.717) is 21.7 Å². The van der Waals surface area contributed by atoms with Gasteiger partial charge in [0.2, 0.25) is 17.0 Å². The number of benzene rings is 2. The molecule has 8 nitrogen and oxygen atoms in total. The fourth-order valence-electron chi connectivity index (χ4n) is 2.48. The minimum absolute atomic E-state index is 0.256. The zero-order valence-electron chi connectivity index (χ0n) is 15.7. The second-order valence-electron chi connectivity index (χ2n) is 6.00. The van der Waals surface area contributed by atoms with Gasteiger partial charge in [-0.1, -0.05) is 13.3 Å². The molecule has 0 aliphatic heterocycles. The molecule has 0 bridgehead atoms. The molecule has 0 spiro atoms. The van der Waals surface area contributed by atoms with Crippen molar-refractivity contribution >= 4 is 39.8 Å². The molecule has 0 saturated carbocycles. The fraction of sp³-hybridized carbons (Fsp3) is 0.263. The van der Waals surface area contributed by atoms with Crippen LogP contribution < -0.4 is 14.8 Å². The van der Waals surface area contributed by atoms with Gasteiger partial charge in [-0.05, 0) is 42.8 Å². The van der Waals surface area contributed by atoms with Crippen molar-refractivity contribution in [3.05, 3.63) is 42.5 Å². The predicted octanol–water partition coefficient (Wildman–Crippen LogP) is 4.05. The maximum atomic E-state index is 12.5. The van der Waals surface area contributed by atoms with Crippen LogP contribution in [0.25, 0.3) is 11.0 Å². The Morgan fingerprint density at radius 1 is 1.21 bits per heavy atom. The number of amides is 1. The van der Waals surface area contributed by atoms with Crippen LogP contribution in [0.3, 0.4) is 0 Å². The number of nitrogens with zero attached hydrogens (tertiary/aromatic N) is 1. The minimum atomic E-state index is -1.65. The number of carbonyl (C=O) groups is 1. The monoisotopic (exact) mass is 402 g/mol. The number of anilines is 2. The van der Waals surface area contributed by atoms with E-state index >= 15 is 0 Å². The average molecular weight is 402 g/mol. The number of imidazole rings is 1. The van der Waals surface area contributed by atoms with Crippen LogP contribution in [0.2, 0.25) is 0 Å². The van der Waals surface area contributed by atoms with Gasteiger partial charge >= 0.3 is 6.09 Å². The largest absolute Gasteiger partial charge is 0.453 e. The zero-order chi connectivity index (χ0) is 19.9. The molecule has 0 aliphatic carbocycles. The summed E-state index contributed by atoms with van der Waals surface area (Å²) in [7, 11) is 1.27. The molecule has 0 radical (unpaired) electrons. The molecule has 0 fully saturated rings. The first-order valence-electron chi connectivity index (χ1n) is 8.88. The molecule has 28 heavy (non-hydrogen) atoms. The summed E-state index contributed by atoms with van der Waals surface area (Å²) in [6, 6.07) is 12.4. The Labute approximate surface area is 165 Å². The lowest BCUT2D eigenvalue weighted by Crippen LogP contribution is -2.11. The topological polar surface area (TPSA) is 105 Å². The molecule has 1 unspecified atom stereocenters. The quantitative estimate of drug-likeness (QED) is 0.491. The Morgan fingerprint density at radius 3 is 2.71 bits per heavy atom. The standard InChI is InChI=1S/C19H22N4O4S/c1-3-4-11-20-13-5-8-15(9-6-13)28(25)27-14-7-10-16-17(12-14)22-18(21-16)23-19(24)26-2/h5-10,12,20H,3-4,11H2,1-2H3,(H2,21,22,23,24). The highest BCUT2D eigenvalue weighted by Crippen LogP contribution is 2.23. The van der Waals surface area contributed by atoms with E-state index in [1.54, 1.807) is 30.3 Å². The number of ether oxygens (including phenoxy) is 1. The summed E-state index contributed by atoms with van der Waals surface area (Å²) in [6.07, 6.45) is 1.61. The summed E-state index contributed by atoms with van der Waals surface area (Å²) in [5.41, 5.74) is 2.25. The van der Waals surface area contributed by atoms with Crippen molar-refractivity contribution < 1.29 is 17.9 Å². The van der Waals surface area contributed by atoms with Crippen molar-refractivity contribution in [1.82, 2.24) is 9.97 Å². The predicted molar refractivity (Wildman–Crippen MR) is 109 cm³/mol. The highest BCUT2D eigenvalue weighted by atomic mass is 32.2. The van der Waals surface area contributed by atoms with E-state index in [-0.39, 0.29) is 5.95 Å². The van der Waals surface area contributed by atoms with Crippen LogP contribution >= 0.6 is 0 Å². The van der Waals surface area contributed by atoms with Gasteiger partial charge in [0.05, 0.1) is 23.0 Å². The van der Waals surface area contributed by atoms with Gasteiger partial charge < -0.3 is 19.2 Å². The Kier molecular flexibility index (Phi) is 6.49. The van der Waals surface area contributed by atoms with Gasteiger partial charge in [-0.2, -0.15) is 0 Å². The Hall–Kier alpha value is -3.07. The molecule has 3 rings (SSSR count). The first-order valence-corrected chi connectivity index (χ1v) is 9.95. The smallest absolute Gasteiger partial charge is 0.413 e. The molecule has 0 saturated heterocycles. The second-order valence-corrected chi connectivity index (χ2v) is 7.11. The molecule has 1 heterocycles. The first-order chi connectivity index (χ1) is 13.6. The number of fused-ring (bicyclic) bond motifs is 1. The third-order valence-electron chi connectivity index (χ3n) is 3.94. The number of rotatable bonds is 8. The number of aromatic nitrogens is 2. The van der Waals surface area contributed by atoms with Crippen LogP contribution in [0.1, 0.15) is 19.8 Å². The number of hydrogen-bond donors (Lipinski definition) is 3. The van der Waals surface area contributed by atoms with Crippen molar-refractivity contribution in [1.29, 1.82) is 0 Å². The molecule has 3 N–H and O–H groups in total. The van der Waals surface area contributed by atoms with Crippen molar-refractivity contribution in [2.75, 3.05) is 24.3 Å². The molecule has 2 aromatic carbocycles. The van der Waals surface area contributed by atoms with E-state index in [4.69, 9.17) is 4.18 Å². The van der Waals surface area contributed by atoms with Crippen LogP contribution in [0, 0.1) is 0 Å². The molecule has 3 aromatic rings. The fourth-order valence-corrected chi connectivity index (χ4v) is 3.21. The zero-order valence-corrected chi connectivity index (χ0v) is 16.5. The highest BCUT2D eigenvalue weighted by molar-refractivity contribution is 7.80. The first kappa shape index (κ1) is 19.7. The van der Waals surface area contributed by atoms with E-state index in [1.807, 2.05) is 12.1 Å². The van der Waals surface area contributed by atoms with Gasteiger partial charge in [0.1, 0.15) is 5.75 Å². The number of methoxy groups -OCH3 is 1. The van der Waals surface area contributed by atoms with Crippen LogP contribution in [-0.2, 0) is 15.8 Å². The summed E-state index contributed by atoms with van der Waals surface area (Å²) in [4.78, 5) is 19.0. The molecule has 1 atom stereocenters. The lowest BCUT2D eigenvalue weighted by molar-refractivity contribution is 0.186. The van der Waals surface area contributed by atoms with Crippen LogP contribution in [0.15, 0.2) is 47.4 Å². The van der Waals surface area contributed by atoms with Gasteiger partial charge in [0.25, 0.3) is 0 Å². The molecular formula is C19H22N4O4S. The summed E-state index contributed by atoms with van der Waals surface area (Å²) in [5, 5.41) is 5.77. The number of nitrogens with one attached hydrogen (secondary N) is 3. The molecule has 148 valence electrons. The van der Waals surface area contributed by atoms with Crippen LogP contribution in [0.5, 0.6) is 5.75 Å². The van der Waals surface area contributed by atoms with E-state index in [0.717, 1.165) is 25.1 Å². The molecule has 9 heteroatoms. The lowest BCUT2D eigenvalue weighted by atomic mass is 10.3. The van der Waals surface area contributed by atoms with Gasteiger partial charge in [-0.3, -0.25) is 5.32 Å². The third-order valence-corrected chi connectivity index (χ3v) is 4.94. The SMILES string of the molecule is CCCCNc1ccc(S(=O)Oc2ccc3nc(NC(=O)OC)[nH]c3c2)cc1. The molecule has 0 aliphatic rings. The van der Waals surface area contributed by atoms with Crippen molar-refractivity contribution in [3.63, 3.8) is 0 Å². The van der Waals surface area contributed by atoms with Gasteiger partial charge in [-0.25, -0.2) is 14.0 Å². The van der Waals surface area contributed by atoms with Crippen molar-refractivity contribution in [2.45, 2.75) is 24.7 Å². The maximum Gasteiger partial charge on any atom is 0.413 e. The molecule has 1 amide bonds. The number of carbonyl (C=O) groups excluding carboxylic acids is 1. The number of hydrogen-bond acceptors (Lipinski definition) is 6. The number of aromatic amines is 1. The van der Waals surface area contributed by atoms with Crippen LogP contribution in [-0.4, -0.2) is 33.9 Å². The van der Waals surface area contributed by atoms with E-state index in [1.165, 1.54) is 7.11 Å². The number of unbranched alkanes of at least 4 members (excludes halogenated alkanes) is 1. The van der Waals surface area contributed by atoms with Crippen molar-refractivity contribution in [3.8, 4) is 5.75 Å². The normalized spacial score (nSPS) is 11.8. The molecule has 1 aromatic heterocycles.